The van der Waals surface area contributed by atoms with Gasteiger partial charge in [-0.25, -0.2) is 0 Å². The lowest BCUT2D eigenvalue weighted by Crippen LogP contribution is -2.44. The number of nitrogens with two attached hydrogens (primary N) is 1. The van der Waals surface area contributed by atoms with E-state index >= 15 is 0 Å². The summed E-state index contributed by atoms with van der Waals surface area (Å²) in [5.74, 6) is 0. The van der Waals surface area contributed by atoms with Gasteiger partial charge in [0.25, 0.3) is 10.2 Å². The summed E-state index contributed by atoms with van der Waals surface area (Å²) in [7, 11) is -1.82. The zero-order valence-electron chi connectivity index (χ0n) is 8.98. The number of rotatable bonds is 6. The van der Waals surface area contributed by atoms with Gasteiger partial charge in [-0.3, -0.25) is 0 Å². The van der Waals surface area contributed by atoms with Gasteiger partial charge in [-0.1, -0.05) is 0 Å². The molecule has 1 saturated heterocycles. The second-order valence-corrected chi connectivity index (χ2v) is 5.46. The molecule has 1 aliphatic rings. The lowest BCUT2D eigenvalue weighted by molar-refractivity contribution is 0.192. The SMILES string of the molecule is CN(CCCN)S(=O)(=O)NC1CCOC1. The van der Waals surface area contributed by atoms with Crippen LogP contribution < -0.4 is 10.5 Å². The van der Waals surface area contributed by atoms with Crippen molar-refractivity contribution < 1.29 is 13.2 Å². The van der Waals surface area contributed by atoms with Crippen molar-refractivity contribution in [3.63, 3.8) is 0 Å². The van der Waals surface area contributed by atoms with Gasteiger partial charge in [-0.2, -0.15) is 17.4 Å². The average Bonchev–Trinajstić information content (AvgIpc) is 2.65. The molecule has 1 atom stereocenters. The van der Waals surface area contributed by atoms with E-state index in [-0.39, 0.29) is 6.04 Å². The summed E-state index contributed by atoms with van der Waals surface area (Å²) in [6.45, 7) is 2.02. The van der Waals surface area contributed by atoms with Gasteiger partial charge in [-0.15, -0.1) is 0 Å². The van der Waals surface area contributed by atoms with Crippen molar-refractivity contribution in [2.45, 2.75) is 18.9 Å². The van der Waals surface area contributed by atoms with Crippen LogP contribution in [-0.2, 0) is 14.9 Å². The summed E-state index contributed by atoms with van der Waals surface area (Å²) < 4.78 is 32.4. The summed E-state index contributed by atoms with van der Waals surface area (Å²) in [6, 6.07) is -0.0877. The van der Waals surface area contributed by atoms with Crippen LogP contribution in [0.5, 0.6) is 0 Å². The largest absolute Gasteiger partial charge is 0.380 e. The zero-order chi connectivity index (χ0) is 11.3. The van der Waals surface area contributed by atoms with Gasteiger partial charge >= 0.3 is 0 Å². The van der Waals surface area contributed by atoms with Crippen LogP contribution in [0.1, 0.15) is 12.8 Å². The molecular formula is C8H19N3O3S. The van der Waals surface area contributed by atoms with Gasteiger partial charge < -0.3 is 10.5 Å². The smallest absolute Gasteiger partial charge is 0.279 e. The van der Waals surface area contributed by atoms with Gasteiger partial charge in [0.15, 0.2) is 0 Å². The Morgan fingerprint density at radius 3 is 2.87 bits per heavy atom. The number of hydrogen-bond acceptors (Lipinski definition) is 4. The Morgan fingerprint density at radius 1 is 1.60 bits per heavy atom. The van der Waals surface area contributed by atoms with Crippen molar-refractivity contribution >= 4 is 10.2 Å². The minimum absolute atomic E-state index is 0.0877. The molecule has 3 N–H and O–H groups in total. The molecule has 1 fully saturated rings. The van der Waals surface area contributed by atoms with Crippen LogP contribution in [0.3, 0.4) is 0 Å². The lowest BCUT2D eigenvalue weighted by Gasteiger charge is -2.19. The van der Waals surface area contributed by atoms with Crippen LogP contribution in [0.4, 0.5) is 0 Å². The van der Waals surface area contributed by atoms with Gasteiger partial charge in [0, 0.05) is 26.2 Å². The molecular weight excluding hydrogens is 218 g/mol. The number of nitrogens with zero attached hydrogens (tertiary/aromatic N) is 1. The number of nitrogens with one attached hydrogen (secondary N) is 1. The van der Waals surface area contributed by atoms with E-state index < -0.39 is 10.2 Å². The predicted molar refractivity (Wildman–Crippen MR) is 57.6 cm³/mol. The molecule has 1 heterocycles. The van der Waals surface area contributed by atoms with Crippen molar-refractivity contribution in [2.75, 3.05) is 33.4 Å². The maximum absolute atomic E-state index is 11.7. The highest BCUT2D eigenvalue weighted by Crippen LogP contribution is 2.06. The van der Waals surface area contributed by atoms with Crippen LogP contribution in [-0.4, -0.2) is 52.1 Å². The van der Waals surface area contributed by atoms with E-state index in [4.69, 9.17) is 10.5 Å². The second-order valence-electron chi connectivity index (χ2n) is 3.65. The van der Waals surface area contributed by atoms with Crippen molar-refractivity contribution in [1.29, 1.82) is 0 Å². The molecule has 0 aliphatic carbocycles. The maximum atomic E-state index is 11.7. The average molecular weight is 237 g/mol. The Kier molecular flexibility index (Phi) is 4.94. The fourth-order valence-electron chi connectivity index (χ4n) is 1.36. The maximum Gasteiger partial charge on any atom is 0.279 e. The minimum Gasteiger partial charge on any atom is -0.380 e. The van der Waals surface area contributed by atoms with Crippen LogP contribution in [0, 0.1) is 0 Å². The molecule has 0 bridgehead atoms. The molecule has 15 heavy (non-hydrogen) atoms. The molecule has 0 saturated carbocycles. The van der Waals surface area contributed by atoms with Crippen molar-refractivity contribution in [3.8, 4) is 0 Å². The summed E-state index contributed by atoms with van der Waals surface area (Å²) >= 11 is 0. The van der Waals surface area contributed by atoms with E-state index in [9.17, 15) is 8.42 Å². The first kappa shape index (κ1) is 12.9. The highest BCUT2D eigenvalue weighted by atomic mass is 32.2. The van der Waals surface area contributed by atoms with Gasteiger partial charge in [-0.05, 0) is 19.4 Å². The van der Waals surface area contributed by atoms with E-state index in [0.717, 1.165) is 6.42 Å². The van der Waals surface area contributed by atoms with E-state index in [1.165, 1.54) is 4.31 Å². The Labute approximate surface area is 90.9 Å². The molecule has 0 aromatic rings. The van der Waals surface area contributed by atoms with Gasteiger partial charge in [0.2, 0.25) is 0 Å². The van der Waals surface area contributed by atoms with Gasteiger partial charge in [0.05, 0.1) is 6.61 Å². The summed E-state index contributed by atoms with van der Waals surface area (Å²) in [6.07, 6.45) is 1.41. The first-order valence-corrected chi connectivity index (χ1v) is 6.51. The second kappa shape index (κ2) is 5.76. The lowest BCUT2D eigenvalue weighted by atomic mass is 10.3. The number of ether oxygens (including phenoxy) is 1. The van der Waals surface area contributed by atoms with Crippen LogP contribution in [0.25, 0.3) is 0 Å². The summed E-state index contributed by atoms with van der Waals surface area (Å²) in [4.78, 5) is 0. The Bertz CT molecular complexity index is 275. The van der Waals surface area contributed by atoms with Gasteiger partial charge in [0.1, 0.15) is 0 Å². The van der Waals surface area contributed by atoms with E-state index in [1.807, 2.05) is 0 Å². The molecule has 1 aliphatic heterocycles. The molecule has 0 aromatic carbocycles. The third-order valence-electron chi connectivity index (χ3n) is 2.33. The molecule has 90 valence electrons. The topological polar surface area (TPSA) is 84.7 Å². The predicted octanol–water partition coefficient (Wildman–Crippen LogP) is -1.11. The zero-order valence-corrected chi connectivity index (χ0v) is 9.79. The van der Waals surface area contributed by atoms with Crippen molar-refractivity contribution in [3.05, 3.63) is 0 Å². The van der Waals surface area contributed by atoms with Crippen molar-refractivity contribution in [1.82, 2.24) is 9.03 Å². The third kappa shape index (κ3) is 4.04. The van der Waals surface area contributed by atoms with E-state index in [0.29, 0.717) is 32.7 Å². The molecule has 0 aromatic heterocycles. The van der Waals surface area contributed by atoms with E-state index in [1.54, 1.807) is 7.05 Å². The molecule has 1 unspecified atom stereocenters. The highest BCUT2D eigenvalue weighted by Gasteiger charge is 2.24. The molecule has 7 heteroatoms. The highest BCUT2D eigenvalue weighted by molar-refractivity contribution is 7.87. The first-order valence-electron chi connectivity index (χ1n) is 5.07. The molecule has 6 nitrogen and oxygen atoms in total. The fraction of sp³-hybridized carbons (Fsp3) is 1.00. The molecule has 0 spiro atoms. The van der Waals surface area contributed by atoms with Crippen LogP contribution in [0.2, 0.25) is 0 Å². The van der Waals surface area contributed by atoms with Crippen LogP contribution in [0.15, 0.2) is 0 Å². The molecule has 0 radical (unpaired) electrons. The summed E-state index contributed by atoms with van der Waals surface area (Å²) in [5.41, 5.74) is 5.32. The fourth-order valence-corrected chi connectivity index (χ4v) is 2.52. The monoisotopic (exact) mass is 237 g/mol. The number of hydrogen-bond donors (Lipinski definition) is 2. The van der Waals surface area contributed by atoms with Crippen molar-refractivity contribution in [2.24, 2.45) is 5.73 Å². The Balaban J connectivity index is 2.42. The normalized spacial score (nSPS) is 22.5. The summed E-state index contributed by atoms with van der Waals surface area (Å²) in [5, 5.41) is 0. The molecule has 1 rings (SSSR count). The molecule has 0 amide bonds. The Hall–Kier alpha value is -0.210. The first-order chi connectivity index (χ1) is 7.06. The standard InChI is InChI=1S/C8H19N3O3S/c1-11(5-2-4-9)15(12,13)10-8-3-6-14-7-8/h8,10H,2-7,9H2,1H3. The van der Waals surface area contributed by atoms with Crippen LogP contribution >= 0.6 is 0 Å². The van der Waals surface area contributed by atoms with E-state index in [2.05, 4.69) is 4.72 Å². The quantitative estimate of drug-likeness (QED) is 0.613. The minimum atomic E-state index is -3.37. The third-order valence-corrected chi connectivity index (χ3v) is 3.97. The Morgan fingerprint density at radius 2 is 2.33 bits per heavy atom.